The number of benzene rings is 1. The lowest BCUT2D eigenvalue weighted by molar-refractivity contribution is 0.449. The summed E-state index contributed by atoms with van der Waals surface area (Å²) in [5.74, 6) is -0.157. The van der Waals surface area contributed by atoms with Crippen LogP contribution in [-0.2, 0) is 0 Å². The average molecular weight is 281 g/mol. The Bertz CT molecular complexity index is 754. The van der Waals surface area contributed by atoms with Crippen LogP contribution in [0, 0.1) is 0 Å². The summed E-state index contributed by atoms with van der Waals surface area (Å²) in [6, 6.07) is 4.62. The van der Waals surface area contributed by atoms with Gasteiger partial charge in [-0.1, -0.05) is 0 Å². The summed E-state index contributed by atoms with van der Waals surface area (Å²) in [6.07, 6.45) is 1.46. The van der Waals surface area contributed by atoms with E-state index in [1.807, 2.05) is 0 Å². The van der Waals surface area contributed by atoms with Gasteiger partial charge in [0, 0.05) is 21.3 Å². The molecule has 0 fully saturated rings. The summed E-state index contributed by atoms with van der Waals surface area (Å²) in [4.78, 5) is 11.1. The first-order valence-corrected chi connectivity index (χ1v) is 5.29. The van der Waals surface area contributed by atoms with Gasteiger partial charge in [0.25, 0.3) is 0 Å². The smallest absolute Gasteiger partial charge is 0.336 e. The summed E-state index contributed by atoms with van der Waals surface area (Å²) < 4.78 is 10.8. The minimum Gasteiger partial charge on any atom is -0.502 e. The van der Waals surface area contributed by atoms with E-state index in [1.54, 1.807) is 12.1 Å². The number of aromatic hydroxyl groups is 1. The van der Waals surface area contributed by atoms with Gasteiger partial charge in [0.15, 0.2) is 11.2 Å². The number of phenols is 1. The molecule has 0 spiro atoms. The highest BCUT2D eigenvalue weighted by atomic mass is 79.9. The van der Waals surface area contributed by atoms with Crippen LogP contribution < -0.4 is 5.63 Å². The molecule has 80 valence electrons. The fourth-order valence-corrected chi connectivity index (χ4v) is 2.30. The Morgan fingerprint density at radius 1 is 1.12 bits per heavy atom. The fraction of sp³-hybridized carbons (Fsp3) is 0. The van der Waals surface area contributed by atoms with Gasteiger partial charge in [0.05, 0.1) is 6.26 Å². The molecule has 2 heterocycles. The first-order valence-electron chi connectivity index (χ1n) is 4.50. The van der Waals surface area contributed by atoms with Crippen LogP contribution in [-0.4, -0.2) is 5.11 Å². The topological polar surface area (TPSA) is 63.6 Å². The van der Waals surface area contributed by atoms with Gasteiger partial charge in [-0.05, 0) is 28.1 Å². The van der Waals surface area contributed by atoms with Crippen LogP contribution in [0.2, 0.25) is 0 Å². The molecule has 0 aliphatic carbocycles. The molecule has 0 saturated heterocycles. The maximum absolute atomic E-state index is 11.1. The molecule has 0 radical (unpaired) electrons. The average Bonchev–Trinajstić information content (AvgIpc) is 2.75. The number of furan rings is 1. The van der Waals surface area contributed by atoms with Gasteiger partial charge in [-0.15, -0.1) is 0 Å². The van der Waals surface area contributed by atoms with Crippen molar-refractivity contribution in [2.24, 2.45) is 0 Å². The summed E-state index contributed by atoms with van der Waals surface area (Å²) >= 11 is 3.39. The minimum absolute atomic E-state index is 0.127. The van der Waals surface area contributed by atoms with Crippen LogP contribution in [0.4, 0.5) is 0 Å². The molecule has 0 unspecified atom stereocenters. The molecular formula is C11H5BrO4. The maximum Gasteiger partial charge on any atom is 0.336 e. The molecule has 16 heavy (non-hydrogen) atoms. The van der Waals surface area contributed by atoms with Gasteiger partial charge in [-0.2, -0.15) is 0 Å². The Balaban J connectivity index is 2.70. The third-order valence-corrected chi connectivity index (χ3v) is 3.26. The van der Waals surface area contributed by atoms with E-state index in [9.17, 15) is 9.90 Å². The monoisotopic (exact) mass is 280 g/mol. The minimum atomic E-state index is -0.513. The number of phenolic OH excluding ortho intramolecular Hbond substituents is 1. The van der Waals surface area contributed by atoms with Crippen molar-refractivity contribution in [1.29, 1.82) is 0 Å². The molecule has 3 aromatic rings. The van der Waals surface area contributed by atoms with Crippen molar-refractivity contribution in [3.63, 3.8) is 0 Å². The molecule has 1 N–H and O–H groups in total. The van der Waals surface area contributed by atoms with E-state index < -0.39 is 5.63 Å². The zero-order valence-electron chi connectivity index (χ0n) is 7.86. The SMILES string of the molecule is O=c1ccc2c(Br)c3ccoc3c(O)c2o1. The van der Waals surface area contributed by atoms with Gasteiger partial charge in [0.1, 0.15) is 0 Å². The molecule has 1 aromatic carbocycles. The number of fused-ring (bicyclic) bond motifs is 2. The Morgan fingerprint density at radius 3 is 2.69 bits per heavy atom. The van der Waals surface area contributed by atoms with Crippen LogP contribution in [0.25, 0.3) is 21.9 Å². The van der Waals surface area contributed by atoms with Gasteiger partial charge < -0.3 is 13.9 Å². The number of hydrogen-bond donors (Lipinski definition) is 1. The van der Waals surface area contributed by atoms with E-state index >= 15 is 0 Å². The largest absolute Gasteiger partial charge is 0.502 e. The van der Waals surface area contributed by atoms with Crippen molar-refractivity contribution in [2.75, 3.05) is 0 Å². The molecule has 3 rings (SSSR count). The van der Waals surface area contributed by atoms with Crippen molar-refractivity contribution in [1.82, 2.24) is 0 Å². The molecule has 0 saturated carbocycles. The first kappa shape index (κ1) is 9.47. The van der Waals surface area contributed by atoms with Crippen LogP contribution in [0.5, 0.6) is 5.75 Å². The molecule has 4 nitrogen and oxygen atoms in total. The molecule has 0 bridgehead atoms. The van der Waals surface area contributed by atoms with Gasteiger partial charge in [-0.3, -0.25) is 0 Å². The summed E-state index contributed by atoms with van der Waals surface area (Å²) in [5, 5.41) is 11.3. The Kier molecular flexibility index (Phi) is 1.85. The van der Waals surface area contributed by atoms with Crippen molar-refractivity contribution in [3.05, 3.63) is 39.4 Å². The van der Waals surface area contributed by atoms with Crippen molar-refractivity contribution < 1.29 is 13.9 Å². The number of halogens is 1. The van der Waals surface area contributed by atoms with Crippen LogP contribution >= 0.6 is 15.9 Å². The Hall–Kier alpha value is -1.75. The van der Waals surface area contributed by atoms with Crippen LogP contribution in [0.3, 0.4) is 0 Å². The van der Waals surface area contributed by atoms with Crippen molar-refractivity contribution >= 4 is 37.9 Å². The lowest BCUT2D eigenvalue weighted by atomic mass is 10.1. The third-order valence-electron chi connectivity index (χ3n) is 2.40. The second kappa shape index (κ2) is 3.12. The molecule has 0 aliphatic heterocycles. The van der Waals surface area contributed by atoms with Crippen molar-refractivity contribution in [3.8, 4) is 5.75 Å². The van der Waals surface area contributed by atoms with E-state index in [0.717, 1.165) is 9.86 Å². The molecule has 0 aliphatic rings. The second-order valence-electron chi connectivity index (χ2n) is 3.32. The molecule has 0 amide bonds. The quantitative estimate of drug-likeness (QED) is 0.643. The fourth-order valence-electron chi connectivity index (χ4n) is 1.68. The van der Waals surface area contributed by atoms with Crippen LogP contribution in [0.1, 0.15) is 0 Å². The zero-order valence-corrected chi connectivity index (χ0v) is 9.45. The summed E-state index contributed by atoms with van der Waals surface area (Å²) in [7, 11) is 0. The predicted molar refractivity (Wildman–Crippen MR) is 61.6 cm³/mol. The van der Waals surface area contributed by atoms with Crippen molar-refractivity contribution in [2.45, 2.75) is 0 Å². The Morgan fingerprint density at radius 2 is 1.88 bits per heavy atom. The normalized spacial score (nSPS) is 11.3. The van der Waals surface area contributed by atoms with E-state index in [0.29, 0.717) is 11.0 Å². The van der Waals surface area contributed by atoms with E-state index in [4.69, 9.17) is 8.83 Å². The lowest BCUT2D eigenvalue weighted by Gasteiger charge is -2.02. The highest BCUT2D eigenvalue weighted by Gasteiger charge is 2.16. The predicted octanol–water partition coefficient (Wildman–Crippen LogP) is 3.01. The molecular weight excluding hydrogens is 276 g/mol. The number of hydrogen-bond acceptors (Lipinski definition) is 4. The van der Waals surface area contributed by atoms with E-state index in [-0.39, 0.29) is 11.3 Å². The zero-order chi connectivity index (χ0) is 11.3. The second-order valence-corrected chi connectivity index (χ2v) is 4.12. The van der Waals surface area contributed by atoms with Gasteiger partial charge >= 0.3 is 5.63 Å². The standard InChI is InChI=1S/C11H5BrO4/c12-8-5-1-2-7(13)16-11(5)9(14)10-6(8)3-4-15-10/h1-4,14H. The highest BCUT2D eigenvalue weighted by molar-refractivity contribution is 9.10. The van der Waals surface area contributed by atoms with Crippen LogP contribution in [0.15, 0.2) is 42.6 Å². The summed E-state index contributed by atoms with van der Waals surface area (Å²) in [6.45, 7) is 0. The van der Waals surface area contributed by atoms with Gasteiger partial charge in [-0.25, -0.2) is 4.79 Å². The molecule has 5 heteroatoms. The molecule has 2 aromatic heterocycles. The third kappa shape index (κ3) is 1.12. The maximum atomic E-state index is 11.1. The first-order chi connectivity index (χ1) is 7.68. The van der Waals surface area contributed by atoms with E-state index in [2.05, 4.69) is 15.9 Å². The summed E-state index contributed by atoms with van der Waals surface area (Å²) in [5.41, 5.74) is -0.0869. The van der Waals surface area contributed by atoms with Gasteiger partial charge in [0.2, 0.25) is 5.75 Å². The van der Waals surface area contributed by atoms with E-state index in [1.165, 1.54) is 12.3 Å². The lowest BCUT2D eigenvalue weighted by Crippen LogP contribution is -1.94. The molecule has 0 atom stereocenters. The highest BCUT2D eigenvalue weighted by Crippen LogP contribution is 2.39. The number of rotatable bonds is 0. The Labute approximate surface area is 97.2 Å².